The number of rotatable bonds is 3. The van der Waals surface area contributed by atoms with E-state index in [0.29, 0.717) is 29.1 Å². The second-order valence-corrected chi connectivity index (χ2v) is 5.31. The van der Waals surface area contributed by atoms with Crippen LogP contribution in [0.4, 0.5) is 11.4 Å². The summed E-state index contributed by atoms with van der Waals surface area (Å²) in [6.45, 7) is 3.70. The van der Waals surface area contributed by atoms with E-state index < -0.39 is 5.91 Å². The number of amides is 1. The minimum Gasteiger partial charge on any atom is -0.395 e. The summed E-state index contributed by atoms with van der Waals surface area (Å²) in [4.78, 5) is 16.3. The van der Waals surface area contributed by atoms with Gasteiger partial charge in [-0.1, -0.05) is 30.1 Å². The lowest BCUT2D eigenvalue weighted by Crippen LogP contribution is -2.18. The molecule has 8 heteroatoms. The summed E-state index contributed by atoms with van der Waals surface area (Å²) in [6.07, 6.45) is 0.648. The van der Waals surface area contributed by atoms with Crippen molar-refractivity contribution in [2.75, 3.05) is 11.1 Å². The molecule has 0 spiro atoms. The molecule has 0 saturated heterocycles. The third-order valence-electron chi connectivity index (χ3n) is 3.09. The Kier molecular flexibility index (Phi) is 4.39. The first-order valence-corrected chi connectivity index (χ1v) is 7.06. The fourth-order valence-electron chi connectivity index (χ4n) is 2.04. The highest BCUT2D eigenvalue weighted by atomic mass is 35.5. The molecule has 0 bridgehead atoms. The molecule has 2 aromatic rings. The van der Waals surface area contributed by atoms with E-state index in [4.69, 9.17) is 28.9 Å². The minimum absolute atomic E-state index is 0.129. The van der Waals surface area contributed by atoms with Crippen LogP contribution in [0.3, 0.4) is 0 Å². The molecule has 2 aromatic heterocycles. The van der Waals surface area contributed by atoms with Crippen LogP contribution in [0, 0.1) is 6.92 Å². The van der Waals surface area contributed by atoms with Gasteiger partial charge in [0.15, 0.2) is 5.15 Å². The highest BCUT2D eigenvalue weighted by Gasteiger charge is 2.21. The van der Waals surface area contributed by atoms with Crippen molar-refractivity contribution in [2.24, 2.45) is 7.05 Å². The zero-order chi connectivity index (χ0) is 15.7. The molecule has 0 aliphatic heterocycles. The number of pyridine rings is 1. The minimum atomic E-state index is -0.392. The van der Waals surface area contributed by atoms with Crippen molar-refractivity contribution >= 4 is 40.5 Å². The Labute approximate surface area is 132 Å². The molecule has 0 saturated carbocycles. The zero-order valence-corrected chi connectivity index (χ0v) is 13.4. The molecular weight excluding hydrogens is 313 g/mol. The van der Waals surface area contributed by atoms with E-state index in [-0.39, 0.29) is 16.0 Å². The Balaban J connectivity index is 2.37. The second kappa shape index (κ2) is 5.91. The van der Waals surface area contributed by atoms with Gasteiger partial charge in [0.1, 0.15) is 10.8 Å². The monoisotopic (exact) mass is 327 g/mol. The van der Waals surface area contributed by atoms with Crippen molar-refractivity contribution in [2.45, 2.75) is 20.3 Å². The number of hydrogen-bond acceptors (Lipinski definition) is 4. The fourth-order valence-corrected chi connectivity index (χ4v) is 2.62. The molecule has 6 nitrogen and oxygen atoms in total. The number of hydrogen-bond donors (Lipinski definition) is 2. The molecule has 2 rings (SSSR count). The molecule has 0 unspecified atom stereocenters. The predicted octanol–water partition coefficient (Wildman–Crippen LogP) is 2.83. The third-order valence-corrected chi connectivity index (χ3v) is 3.56. The summed E-state index contributed by atoms with van der Waals surface area (Å²) in [7, 11) is 1.67. The molecule has 21 heavy (non-hydrogen) atoms. The van der Waals surface area contributed by atoms with Crippen LogP contribution in [0.1, 0.15) is 28.7 Å². The lowest BCUT2D eigenvalue weighted by atomic mass is 10.2. The maximum absolute atomic E-state index is 12.4. The van der Waals surface area contributed by atoms with Crippen molar-refractivity contribution in [3.8, 4) is 0 Å². The van der Waals surface area contributed by atoms with Gasteiger partial charge in [-0.05, 0) is 25.0 Å². The van der Waals surface area contributed by atoms with Crippen molar-refractivity contribution in [3.05, 3.63) is 33.3 Å². The van der Waals surface area contributed by atoms with E-state index >= 15 is 0 Å². The van der Waals surface area contributed by atoms with Crippen LogP contribution in [0.25, 0.3) is 0 Å². The molecule has 2 heterocycles. The van der Waals surface area contributed by atoms with Gasteiger partial charge < -0.3 is 11.1 Å². The van der Waals surface area contributed by atoms with E-state index in [2.05, 4.69) is 15.4 Å². The molecule has 0 fully saturated rings. The van der Waals surface area contributed by atoms with Gasteiger partial charge in [-0.3, -0.25) is 9.48 Å². The number of nitrogens with zero attached hydrogens (tertiary/aromatic N) is 3. The Morgan fingerprint density at radius 1 is 1.48 bits per heavy atom. The van der Waals surface area contributed by atoms with E-state index in [9.17, 15) is 4.79 Å². The van der Waals surface area contributed by atoms with Gasteiger partial charge in [-0.15, -0.1) is 0 Å². The number of halogens is 2. The van der Waals surface area contributed by atoms with E-state index in [1.54, 1.807) is 20.0 Å². The highest BCUT2D eigenvalue weighted by Crippen LogP contribution is 2.27. The quantitative estimate of drug-likeness (QED) is 0.849. The van der Waals surface area contributed by atoms with E-state index in [0.717, 1.165) is 0 Å². The first kappa shape index (κ1) is 15.6. The van der Waals surface area contributed by atoms with Crippen molar-refractivity contribution in [1.29, 1.82) is 0 Å². The van der Waals surface area contributed by atoms with Crippen molar-refractivity contribution in [1.82, 2.24) is 14.8 Å². The van der Waals surface area contributed by atoms with Crippen LogP contribution < -0.4 is 11.1 Å². The predicted molar refractivity (Wildman–Crippen MR) is 83.9 cm³/mol. The van der Waals surface area contributed by atoms with Crippen LogP contribution in [0.15, 0.2) is 6.07 Å². The summed E-state index contributed by atoms with van der Waals surface area (Å²) in [5.41, 5.74) is 8.41. The van der Waals surface area contributed by atoms with Crippen LogP contribution in [0.5, 0.6) is 0 Å². The highest BCUT2D eigenvalue weighted by molar-refractivity contribution is 6.35. The van der Waals surface area contributed by atoms with E-state index in [1.165, 1.54) is 4.68 Å². The third kappa shape index (κ3) is 2.96. The zero-order valence-electron chi connectivity index (χ0n) is 11.9. The SMILES string of the molecule is CCc1nn(C)c(C(=O)Nc2c(C)cc(Cl)nc2Cl)c1N. The molecule has 0 radical (unpaired) electrons. The lowest BCUT2D eigenvalue weighted by molar-refractivity contribution is 0.101. The average Bonchev–Trinajstić information content (AvgIpc) is 2.68. The first-order valence-electron chi connectivity index (χ1n) is 6.30. The molecule has 0 aliphatic rings. The Morgan fingerprint density at radius 2 is 2.14 bits per heavy atom. The normalized spacial score (nSPS) is 10.7. The van der Waals surface area contributed by atoms with Gasteiger partial charge in [-0.25, -0.2) is 4.98 Å². The Bertz CT molecular complexity index is 688. The number of aromatic nitrogens is 3. The number of nitrogen functional groups attached to an aromatic ring is 1. The molecular formula is C13H15Cl2N5O. The van der Waals surface area contributed by atoms with Crippen LogP contribution in [0.2, 0.25) is 10.3 Å². The van der Waals surface area contributed by atoms with E-state index in [1.807, 2.05) is 6.92 Å². The smallest absolute Gasteiger partial charge is 0.276 e. The number of aryl methyl sites for hydroxylation is 3. The molecule has 0 aliphatic carbocycles. The van der Waals surface area contributed by atoms with Gasteiger partial charge in [0.2, 0.25) is 0 Å². The van der Waals surface area contributed by atoms with Gasteiger partial charge >= 0.3 is 0 Å². The Morgan fingerprint density at radius 3 is 2.67 bits per heavy atom. The first-order chi connectivity index (χ1) is 9.85. The topological polar surface area (TPSA) is 85.8 Å². The molecule has 0 aromatic carbocycles. The number of carbonyl (C=O) groups excluding carboxylic acids is 1. The van der Waals surface area contributed by atoms with Crippen molar-refractivity contribution in [3.63, 3.8) is 0 Å². The molecule has 112 valence electrons. The summed E-state index contributed by atoms with van der Waals surface area (Å²) < 4.78 is 1.45. The van der Waals surface area contributed by atoms with Crippen LogP contribution in [-0.4, -0.2) is 20.7 Å². The van der Waals surface area contributed by atoms with Crippen LogP contribution >= 0.6 is 23.2 Å². The second-order valence-electron chi connectivity index (χ2n) is 4.57. The Hall–Kier alpha value is -1.79. The number of nitrogens with two attached hydrogens (primary N) is 1. The van der Waals surface area contributed by atoms with Gasteiger partial charge in [0.05, 0.1) is 17.1 Å². The van der Waals surface area contributed by atoms with Crippen LogP contribution in [-0.2, 0) is 13.5 Å². The average molecular weight is 328 g/mol. The van der Waals surface area contributed by atoms with Gasteiger partial charge in [0.25, 0.3) is 5.91 Å². The number of anilines is 2. The maximum atomic E-state index is 12.4. The fraction of sp³-hybridized carbons (Fsp3) is 0.308. The maximum Gasteiger partial charge on any atom is 0.276 e. The summed E-state index contributed by atoms with van der Waals surface area (Å²) in [5.74, 6) is -0.392. The summed E-state index contributed by atoms with van der Waals surface area (Å²) in [5, 5.41) is 7.32. The van der Waals surface area contributed by atoms with Gasteiger partial charge in [0, 0.05) is 7.05 Å². The molecule has 0 atom stereocenters. The summed E-state index contributed by atoms with van der Waals surface area (Å²) >= 11 is 11.8. The lowest BCUT2D eigenvalue weighted by Gasteiger charge is -2.10. The van der Waals surface area contributed by atoms with Crippen molar-refractivity contribution < 1.29 is 4.79 Å². The molecule has 1 amide bonds. The molecule has 3 N–H and O–H groups in total. The van der Waals surface area contributed by atoms with Gasteiger partial charge in [-0.2, -0.15) is 5.10 Å². The number of nitrogens with one attached hydrogen (secondary N) is 1. The summed E-state index contributed by atoms with van der Waals surface area (Å²) in [6, 6.07) is 1.62. The largest absolute Gasteiger partial charge is 0.395 e. The standard InChI is InChI=1S/C13H15Cl2N5O/c1-4-7-9(16)11(20(3)19-7)13(21)18-10-6(2)5-8(14)17-12(10)15/h5H,4,16H2,1-3H3,(H,18,21). The number of carbonyl (C=O) groups is 1.